The van der Waals surface area contributed by atoms with Gasteiger partial charge in [0.2, 0.25) is 11.9 Å². The van der Waals surface area contributed by atoms with E-state index in [4.69, 9.17) is 0 Å². The maximum absolute atomic E-state index is 13.1. The Morgan fingerprint density at radius 1 is 1.00 bits per heavy atom. The molecule has 5 rings (SSSR count). The average molecular weight is 426 g/mol. The molecular weight excluding hydrogens is 402 g/mol. The smallest absolute Gasteiger partial charge is 0.236 e. The maximum Gasteiger partial charge on any atom is 0.236 e. The minimum absolute atomic E-state index is 0.202. The number of anilines is 1. The van der Waals surface area contributed by atoms with E-state index in [9.17, 15) is 4.79 Å². The van der Waals surface area contributed by atoms with Gasteiger partial charge in [0, 0.05) is 54.9 Å². The number of carbonyl (C=O) groups is 1. The summed E-state index contributed by atoms with van der Waals surface area (Å²) >= 11 is 3.62. The SMILES string of the molecule is O=C(CN1CCc2sccc2[C@H]1c1cccs1)N1CCN(c2ncccn2)CC1. The van der Waals surface area contributed by atoms with Crippen molar-refractivity contribution in [2.75, 3.05) is 44.2 Å². The zero-order valence-corrected chi connectivity index (χ0v) is 17.7. The summed E-state index contributed by atoms with van der Waals surface area (Å²) in [6, 6.07) is 8.56. The highest BCUT2D eigenvalue weighted by molar-refractivity contribution is 7.10. The molecule has 3 aromatic rings. The average Bonchev–Trinajstić information content (AvgIpc) is 3.46. The summed E-state index contributed by atoms with van der Waals surface area (Å²) in [5.74, 6) is 0.970. The molecule has 150 valence electrons. The van der Waals surface area contributed by atoms with E-state index in [-0.39, 0.29) is 11.9 Å². The summed E-state index contributed by atoms with van der Waals surface area (Å²) in [5.41, 5.74) is 1.38. The van der Waals surface area contributed by atoms with Crippen molar-refractivity contribution in [1.82, 2.24) is 19.8 Å². The normalized spacial score (nSPS) is 19.9. The number of amides is 1. The molecule has 0 N–H and O–H groups in total. The highest BCUT2D eigenvalue weighted by Gasteiger charge is 2.33. The van der Waals surface area contributed by atoms with E-state index in [1.807, 2.05) is 22.3 Å². The Kier molecular flexibility index (Phi) is 5.30. The van der Waals surface area contributed by atoms with Gasteiger partial charge < -0.3 is 9.80 Å². The van der Waals surface area contributed by atoms with Crippen LogP contribution in [0, 0.1) is 0 Å². The molecule has 1 fully saturated rings. The van der Waals surface area contributed by atoms with Crippen LogP contribution < -0.4 is 4.90 Å². The first-order chi connectivity index (χ1) is 14.3. The van der Waals surface area contributed by atoms with Crippen LogP contribution in [0.3, 0.4) is 0 Å². The molecule has 0 radical (unpaired) electrons. The molecule has 2 aliphatic heterocycles. The number of aromatic nitrogens is 2. The van der Waals surface area contributed by atoms with Crippen molar-refractivity contribution in [3.8, 4) is 0 Å². The zero-order valence-electron chi connectivity index (χ0n) is 16.1. The van der Waals surface area contributed by atoms with Crippen LogP contribution in [0.25, 0.3) is 0 Å². The predicted molar refractivity (Wildman–Crippen MR) is 117 cm³/mol. The minimum atomic E-state index is 0.202. The van der Waals surface area contributed by atoms with Gasteiger partial charge in [-0.1, -0.05) is 6.07 Å². The highest BCUT2D eigenvalue weighted by atomic mass is 32.1. The maximum atomic E-state index is 13.1. The number of hydrogen-bond acceptors (Lipinski definition) is 7. The molecule has 1 amide bonds. The molecule has 0 aliphatic carbocycles. The van der Waals surface area contributed by atoms with Crippen LogP contribution in [0.4, 0.5) is 5.95 Å². The number of hydrogen-bond donors (Lipinski definition) is 0. The Hall–Kier alpha value is -2.29. The van der Waals surface area contributed by atoms with Gasteiger partial charge in [0.25, 0.3) is 0 Å². The highest BCUT2D eigenvalue weighted by Crippen LogP contribution is 2.39. The van der Waals surface area contributed by atoms with E-state index in [1.54, 1.807) is 23.7 Å². The molecule has 29 heavy (non-hydrogen) atoms. The lowest BCUT2D eigenvalue weighted by molar-refractivity contribution is -0.133. The number of thiophene rings is 2. The van der Waals surface area contributed by atoms with Crippen LogP contribution in [-0.2, 0) is 11.2 Å². The zero-order chi connectivity index (χ0) is 19.6. The lowest BCUT2D eigenvalue weighted by atomic mass is 9.98. The predicted octanol–water partition coefficient (Wildman–Crippen LogP) is 2.90. The topological polar surface area (TPSA) is 52.6 Å². The van der Waals surface area contributed by atoms with Crippen molar-refractivity contribution >= 4 is 34.5 Å². The second kappa shape index (κ2) is 8.22. The van der Waals surface area contributed by atoms with Gasteiger partial charge in [-0.15, -0.1) is 22.7 Å². The molecular formula is C21H23N5OS2. The molecule has 1 atom stereocenters. The van der Waals surface area contributed by atoms with Crippen molar-refractivity contribution in [1.29, 1.82) is 0 Å². The van der Waals surface area contributed by atoms with E-state index >= 15 is 0 Å². The van der Waals surface area contributed by atoms with Gasteiger partial charge in [0.05, 0.1) is 12.6 Å². The fourth-order valence-electron chi connectivity index (χ4n) is 4.20. The van der Waals surface area contributed by atoms with Gasteiger partial charge in [-0.2, -0.15) is 0 Å². The third-order valence-electron chi connectivity index (χ3n) is 5.68. The van der Waals surface area contributed by atoms with Crippen molar-refractivity contribution < 1.29 is 4.79 Å². The van der Waals surface area contributed by atoms with E-state index in [0.29, 0.717) is 6.54 Å². The Balaban J connectivity index is 1.26. The number of rotatable bonds is 4. The van der Waals surface area contributed by atoms with Crippen molar-refractivity contribution in [2.45, 2.75) is 12.5 Å². The Labute approximate surface area is 178 Å². The largest absolute Gasteiger partial charge is 0.338 e. The van der Waals surface area contributed by atoms with E-state index < -0.39 is 0 Å². The lowest BCUT2D eigenvalue weighted by Gasteiger charge is -2.38. The summed E-state index contributed by atoms with van der Waals surface area (Å²) in [4.78, 5) is 31.1. The summed E-state index contributed by atoms with van der Waals surface area (Å²) in [5, 5.41) is 4.31. The quantitative estimate of drug-likeness (QED) is 0.643. The summed E-state index contributed by atoms with van der Waals surface area (Å²) in [6.45, 7) is 4.40. The molecule has 0 spiro atoms. The van der Waals surface area contributed by atoms with Gasteiger partial charge in [0.1, 0.15) is 0 Å². The molecule has 0 bridgehead atoms. The van der Waals surface area contributed by atoms with Crippen molar-refractivity contribution in [3.63, 3.8) is 0 Å². The molecule has 6 nitrogen and oxygen atoms in total. The van der Waals surface area contributed by atoms with Crippen LogP contribution in [0.5, 0.6) is 0 Å². The summed E-state index contributed by atoms with van der Waals surface area (Å²) in [7, 11) is 0. The summed E-state index contributed by atoms with van der Waals surface area (Å²) < 4.78 is 0. The molecule has 0 saturated carbocycles. The Bertz CT molecular complexity index is 951. The van der Waals surface area contributed by atoms with Gasteiger partial charge in [0.15, 0.2) is 0 Å². The molecule has 8 heteroatoms. The van der Waals surface area contributed by atoms with Gasteiger partial charge >= 0.3 is 0 Å². The van der Waals surface area contributed by atoms with Crippen LogP contribution in [0.2, 0.25) is 0 Å². The Morgan fingerprint density at radius 2 is 1.83 bits per heavy atom. The van der Waals surface area contributed by atoms with Crippen molar-refractivity contribution in [3.05, 3.63) is 62.7 Å². The van der Waals surface area contributed by atoms with E-state index in [1.165, 1.54) is 15.3 Å². The molecule has 5 heterocycles. The number of piperazine rings is 1. The number of nitrogens with zero attached hydrogens (tertiary/aromatic N) is 5. The first kappa shape index (κ1) is 18.7. The van der Waals surface area contributed by atoms with Crippen LogP contribution in [0.1, 0.15) is 21.4 Å². The van der Waals surface area contributed by atoms with E-state index in [0.717, 1.165) is 45.1 Å². The van der Waals surface area contributed by atoms with Gasteiger partial charge in [-0.25, -0.2) is 9.97 Å². The first-order valence-electron chi connectivity index (χ1n) is 9.93. The van der Waals surface area contributed by atoms with Crippen LogP contribution in [-0.4, -0.2) is 64.9 Å². The molecule has 3 aromatic heterocycles. The standard InChI is InChI=1S/C21H23N5OS2/c27-19(24-9-11-25(12-10-24)21-22-6-2-7-23-21)15-26-8-4-17-16(5-14-29-17)20(26)18-3-1-13-28-18/h1-3,5-7,13-14,20H,4,8-12,15H2/t20-/m0/s1. The van der Waals surface area contributed by atoms with Gasteiger partial charge in [-0.05, 0) is 40.9 Å². The van der Waals surface area contributed by atoms with E-state index in [2.05, 4.69) is 48.7 Å². The Morgan fingerprint density at radius 3 is 2.59 bits per heavy atom. The summed E-state index contributed by atoms with van der Waals surface area (Å²) in [6.07, 6.45) is 4.56. The first-order valence-corrected chi connectivity index (χ1v) is 11.7. The molecule has 2 aliphatic rings. The number of carbonyl (C=O) groups excluding carboxylic acids is 1. The molecule has 0 aromatic carbocycles. The van der Waals surface area contributed by atoms with Crippen molar-refractivity contribution in [2.24, 2.45) is 0 Å². The second-order valence-corrected chi connectivity index (χ2v) is 9.33. The lowest BCUT2D eigenvalue weighted by Crippen LogP contribution is -2.52. The fraction of sp³-hybridized carbons (Fsp3) is 0.381. The third-order valence-corrected chi connectivity index (χ3v) is 7.61. The van der Waals surface area contributed by atoms with Gasteiger partial charge in [-0.3, -0.25) is 9.69 Å². The fourth-order valence-corrected chi connectivity index (χ4v) is 5.98. The van der Waals surface area contributed by atoms with Crippen LogP contribution >= 0.6 is 22.7 Å². The molecule has 0 unspecified atom stereocenters. The monoisotopic (exact) mass is 425 g/mol. The second-order valence-electron chi connectivity index (χ2n) is 7.35. The number of fused-ring (bicyclic) bond motifs is 1. The third kappa shape index (κ3) is 3.80. The van der Waals surface area contributed by atoms with Crippen LogP contribution in [0.15, 0.2) is 47.4 Å². The molecule has 1 saturated heterocycles. The minimum Gasteiger partial charge on any atom is -0.338 e.